The first-order valence-corrected chi connectivity index (χ1v) is 8.59. The molecule has 1 aromatic carbocycles. The quantitative estimate of drug-likeness (QED) is 0.757. The maximum absolute atomic E-state index is 12.3. The summed E-state index contributed by atoms with van der Waals surface area (Å²) in [5.41, 5.74) is 0. The van der Waals surface area contributed by atoms with Gasteiger partial charge in [-0.15, -0.1) is 0 Å². The predicted octanol–water partition coefficient (Wildman–Crippen LogP) is 2.24. The Kier molecular flexibility index (Phi) is 6.18. The molecule has 118 valence electrons. The summed E-state index contributed by atoms with van der Waals surface area (Å²) in [6.07, 6.45) is 0.547. The molecule has 8 heteroatoms. The van der Waals surface area contributed by atoms with Crippen molar-refractivity contribution in [2.75, 3.05) is 7.11 Å². The molecule has 0 aromatic heterocycles. The Morgan fingerprint density at radius 1 is 1.48 bits per heavy atom. The third-order valence-corrected chi connectivity index (χ3v) is 5.25. The van der Waals surface area contributed by atoms with Gasteiger partial charge in [-0.3, -0.25) is 4.79 Å². The van der Waals surface area contributed by atoms with Gasteiger partial charge < -0.3 is 9.84 Å². The number of sulfonamides is 1. The number of carboxylic acid groups (broad SMARTS) is 1. The first-order valence-electron chi connectivity index (χ1n) is 6.31. The maximum Gasteiger partial charge on any atom is 0.322 e. The van der Waals surface area contributed by atoms with Crippen molar-refractivity contribution in [2.45, 2.75) is 31.2 Å². The van der Waals surface area contributed by atoms with Crippen LogP contribution in [0.4, 0.5) is 0 Å². The molecule has 1 aromatic rings. The predicted molar refractivity (Wildman–Crippen MR) is 81.9 cm³/mol. The van der Waals surface area contributed by atoms with Gasteiger partial charge in [0.2, 0.25) is 10.0 Å². The average Bonchev–Trinajstić information content (AvgIpc) is 2.43. The molecule has 0 saturated heterocycles. The number of nitrogens with one attached hydrogen (secondary N) is 1. The van der Waals surface area contributed by atoms with E-state index in [9.17, 15) is 13.2 Å². The second-order valence-electron chi connectivity index (χ2n) is 4.62. The number of carbonyl (C=O) groups is 1. The third-order valence-electron chi connectivity index (χ3n) is 3.19. The summed E-state index contributed by atoms with van der Waals surface area (Å²) in [6, 6.07) is 3.07. The van der Waals surface area contributed by atoms with Gasteiger partial charge >= 0.3 is 5.97 Å². The SMILES string of the molecule is CCC(C)C(NS(=O)(=O)c1ccc(OC)c(Br)c1)C(=O)O. The second kappa shape index (κ2) is 7.24. The highest BCUT2D eigenvalue weighted by Gasteiger charge is 2.29. The van der Waals surface area contributed by atoms with E-state index in [4.69, 9.17) is 9.84 Å². The van der Waals surface area contributed by atoms with Gasteiger partial charge in [-0.05, 0) is 40.0 Å². The maximum atomic E-state index is 12.3. The van der Waals surface area contributed by atoms with Crippen LogP contribution in [-0.2, 0) is 14.8 Å². The fourth-order valence-corrected chi connectivity index (χ4v) is 3.71. The van der Waals surface area contributed by atoms with Gasteiger partial charge in [0, 0.05) is 0 Å². The van der Waals surface area contributed by atoms with Crippen LogP contribution in [0.3, 0.4) is 0 Å². The summed E-state index contributed by atoms with van der Waals surface area (Å²) in [7, 11) is -2.46. The number of hydrogen-bond donors (Lipinski definition) is 2. The van der Waals surface area contributed by atoms with Gasteiger partial charge in [-0.25, -0.2) is 8.42 Å². The molecule has 2 atom stereocenters. The number of benzene rings is 1. The van der Waals surface area contributed by atoms with Gasteiger partial charge in [-0.1, -0.05) is 20.3 Å². The topological polar surface area (TPSA) is 92.7 Å². The Balaban J connectivity index is 3.10. The lowest BCUT2D eigenvalue weighted by Crippen LogP contribution is -2.44. The Hall–Kier alpha value is -1.12. The van der Waals surface area contributed by atoms with Crippen molar-refractivity contribution >= 4 is 31.9 Å². The van der Waals surface area contributed by atoms with Crippen molar-refractivity contribution in [1.29, 1.82) is 0 Å². The van der Waals surface area contributed by atoms with Gasteiger partial charge in [-0.2, -0.15) is 4.72 Å². The number of hydrogen-bond acceptors (Lipinski definition) is 4. The van der Waals surface area contributed by atoms with Crippen molar-refractivity contribution < 1.29 is 23.1 Å². The molecule has 0 amide bonds. The molecule has 0 radical (unpaired) electrons. The van der Waals surface area contributed by atoms with Crippen LogP contribution < -0.4 is 9.46 Å². The highest BCUT2D eigenvalue weighted by Crippen LogP contribution is 2.27. The first kappa shape index (κ1) is 17.9. The van der Waals surface area contributed by atoms with Crippen LogP contribution in [0.5, 0.6) is 5.75 Å². The molecule has 21 heavy (non-hydrogen) atoms. The van der Waals surface area contributed by atoms with Crippen LogP contribution in [0, 0.1) is 5.92 Å². The van der Waals surface area contributed by atoms with Gasteiger partial charge in [0.25, 0.3) is 0 Å². The molecule has 2 N–H and O–H groups in total. The first-order chi connectivity index (χ1) is 9.72. The minimum absolute atomic E-state index is 0.0234. The van der Waals surface area contributed by atoms with Gasteiger partial charge in [0.1, 0.15) is 11.8 Å². The lowest BCUT2D eigenvalue weighted by atomic mass is 10.0. The van der Waals surface area contributed by atoms with Crippen LogP contribution in [-0.4, -0.2) is 32.6 Å². The number of halogens is 1. The van der Waals surface area contributed by atoms with Crippen LogP contribution >= 0.6 is 15.9 Å². The van der Waals surface area contributed by atoms with E-state index in [1.165, 1.54) is 25.3 Å². The summed E-state index contributed by atoms with van der Waals surface area (Å²) in [4.78, 5) is 11.2. The summed E-state index contributed by atoms with van der Waals surface area (Å²) < 4.78 is 32.3. The number of rotatable bonds is 7. The van der Waals surface area contributed by atoms with E-state index in [2.05, 4.69) is 20.7 Å². The fourth-order valence-electron chi connectivity index (χ4n) is 1.70. The lowest BCUT2D eigenvalue weighted by Gasteiger charge is -2.20. The molecular weight excluding hydrogens is 362 g/mol. The summed E-state index contributed by atoms with van der Waals surface area (Å²) in [6.45, 7) is 3.49. The van der Waals surface area contributed by atoms with E-state index < -0.39 is 22.0 Å². The Morgan fingerprint density at radius 3 is 2.52 bits per heavy atom. The van der Waals surface area contributed by atoms with E-state index in [0.29, 0.717) is 16.6 Å². The lowest BCUT2D eigenvalue weighted by molar-refractivity contribution is -0.140. The molecule has 0 aliphatic rings. The number of aliphatic carboxylic acids is 1. The Labute approximate surface area is 132 Å². The van der Waals surface area contributed by atoms with Gasteiger partial charge in [0.15, 0.2) is 0 Å². The smallest absolute Gasteiger partial charge is 0.322 e. The number of carboxylic acids is 1. The summed E-state index contributed by atoms with van der Waals surface area (Å²) in [5.74, 6) is -1.02. The van der Waals surface area contributed by atoms with Crippen LogP contribution in [0.15, 0.2) is 27.6 Å². The largest absolute Gasteiger partial charge is 0.496 e. The van der Waals surface area contributed by atoms with Crippen LogP contribution in [0.2, 0.25) is 0 Å². The molecule has 0 heterocycles. The summed E-state index contributed by atoms with van der Waals surface area (Å²) >= 11 is 3.20. The monoisotopic (exact) mass is 379 g/mol. The molecule has 1 rings (SSSR count). The highest BCUT2D eigenvalue weighted by molar-refractivity contribution is 9.10. The zero-order chi connectivity index (χ0) is 16.2. The standard InChI is InChI=1S/C13H18BrNO5S/c1-4-8(2)12(13(16)17)15-21(18,19)9-5-6-11(20-3)10(14)7-9/h5-8,12,15H,4H2,1-3H3,(H,16,17). The molecule has 2 unspecified atom stereocenters. The minimum atomic E-state index is -3.92. The molecule has 0 bridgehead atoms. The number of methoxy groups -OCH3 is 1. The zero-order valence-electron chi connectivity index (χ0n) is 12.0. The molecule has 0 aliphatic heterocycles. The van der Waals surface area contributed by atoms with Crippen molar-refractivity contribution in [2.24, 2.45) is 5.92 Å². The van der Waals surface area contributed by atoms with E-state index in [1.807, 2.05) is 0 Å². The Morgan fingerprint density at radius 2 is 2.10 bits per heavy atom. The average molecular weight is 380 g/mol. The molecule has 0 spiro atoms. The second-order valence-corrected chi connectivity index (χ2v) is 7.19. The fraction of sp³-hybridized carbons (Fsp3) is 0.462. The highest BCUT2D eigenvalue weighted by atomic mass is 79.9. The van der Waals surface area contributed by atoms with Crippen LogP contribution in [0.25, 0.3) is 0 Å². The normalized spacial score (nSPS) is 14.5. The zero-order valence-corrected chi connectivity index (χ0v) is 14.4. The van der Waals surface area contributed by atoms with E-state index in [-0.39, 0.29) is 10.8 Å². The van der Waals surface area contributed by atoms with Crippen molar-refractivity contribution in [3.8, 4) is 5.75 Å². The van der Waals surface area contributed by atoms with Crippen molar-refractivity contribution in [3.05, 3.63) is 22.7 Å². The Bertz CT molecular complexity index is 617. The van der Waals surface area contributed by atoms with E-state index in [0.717, 1.165) is 0 Å². The molecule has 0 aliphatic carbocycles. The number of ether oxygens (including phenoxy) is 1. The van der Waals surface area contributed by atoms with Crippen molar-refractivity contribution in [1.82, 2.24) is 4.72 Å². The third kappa shape index (κ3) is 4.42. The van der Waals surface area contributed by atoms with E-state index >= 15 is 0 Å². The van der Waals surface area contributed by atoms with Crippen molar-refractivity contribution in [3.63, 3.8) is 0 Å². The minimum Gasteiger partial charge on any atom is -0.496 e. The molecular formula is C13H18BrNO5S. The van der Waals surface area contributed by atoms with Gasteiger partial charge in [0.05, 0.1) is 16.5 Å². The van der Waals surface area contributed by atoms with E-state index in [1.54, 1.807) is 13.8 Å². The molecule has 0 saturated carbocycles. The molecule has 6 nitrogen and oxygen atoms in total. The molecule has 0 fully saturated rings. The van der Waals surface area contributed by atoms with Crippen LogP contribution in [0.1, 0.15) is 20.3 Å². The summed E-state index contributed by atoms with van der Waals surface area (Å²) in [5, 5.41) is 9.17.